The molecule has 1 heterocycles. The smallest absolute Gasteiger partial charge is 0.240 e. The molecule has 0 amide bonds. The van der Waals surface area contributed by atoms with Crippen LogP contribution in [0.25, 0.3) is 0 Å². The third kappa shape index (κ3) is 2.66. The lowest BCUT2D eigenvalue weighted by Crippen LogP contribution is -2.33. The van der Waals surface area contributed by atoms with E-state index in [1.54, 1.807) is 0 Å². The number of nitrogens with zero attached hydrogens (tertiary/aromatic N) is 3. The van der Waals surface area contributed by atoms with E-state index in [0.29, 0.717) is 24.5 Å². The van der Waals surface area contributed by atoms with Crippen LogP contribution in [0.15, 0.2) is 28.8 Å². The van der Waals surface area contributed by atoms with Gasteiger partial charge in [0.1, 0.15) is 0 Å². The first kappa shape index (κ1) is 13.9. The molecule has 1 aromatic heterocycles. The summed E-state index contributed by atoms with van der Waals surface area (Å²) >= 11 is 0. The van der Waals surface area contributed by atoms with Gasteiger partial charge in [0.15, 0.2) is 5.82 Å². The summed E-state index contributed by atoms with van der Waals surface area (Å²) in [7, 11) is 0. The molecule has 1 saturated carbocycles. The average Bonchev–Trinajstić information content (AvgIpc) is 3.31. The zero-order valence-electron chi connectivity index (χ0n) is 12.7. The second-order valence-corrected chi connectivity index (χ2v) is 6.32. The Morgan fingerprint density at radius 3 is 2.86 bits per heavy atom. The highest BCUT2D eigenvalue weighted by Gasteiger charge is 2.37. The Kier molecular flexibility index (Phi) is 3.68. The molecule has 5 heteroatoms. The van der Waals surface area contributed by atoms with Crippen molar-refractivity contribution < 1.29 is 4.52 Å². The topological polar surface area (TPSA) is 68.2 Å². The van der Waals surface area contributed by atoms with Crippen molar-refractivity contribution in [1.29, 1.82) is 0 Å². The third-order valence-electron chi connectivity index (χ3n) is 4.76. The number of fused-ring (bicyclic) bond motifs is 1. The van der Waals surface area contributed by atoms with E-state index in [1.165, 1.54) is 43.2 Å². The van der Waals surface area contributed by atoms with Crippen LogP contribution in [0.3, 0.4) is 0 Å². The lowest BCUT2D eigenvalue weighted by atomic mass is 9.86. The van der Waals surface area contributed by atoms with Crippen LogP contribution in [-0.2, 0) is 19.5 Å². The number of hydrogen-bond acceptors (Lipinski definition) is 5. The van der Waals surface area contributed by atoms with E-state index in [9.17, 15) is 0 Å². The van der Waals surface area contributed by atoms with E-state index in [2.05, 4.69) is 39.3 Å². The second-order valence-electron chi connectivity index (χ2n) is 6.32. The molecule has 1 unspecified atom stereocenters. The molecule has 2 N–H and O–H groups in total. The van der Waals surface area contributed by atoms with E-state index >= 15 is 0 Å². The summed E-state index contributed by atoms with van der Waals surface area (Å²) in [5.41, 5.74) is 8.55. The number of aryl methyl sites for hydroxylation is 1. The van der Waals surface area contributed by atoms with Crippen molar-refractivity contribution >= 4 is 0 Å². The fourth-order valence-corrected chi connectivity index (χ4v) is 3.57. The molecule has 2 aliphatic carbocycles. The van der Waals surface area contributed by atoms with Crippen molar-refractivity contribution in [2.24, 2.45) is 5.73 Å². The Morgan fingerprint density at radius 1 is 1.23 bits per heavy atom. The van der Waals surface area contributed by atoms with Crippen molar-refractivity contribution in [3.05, 3.63) is 47.1 Å². The Hall–Kier alpha value is -1.72. The first-order chi connectivity index (χ1) is 10.8. The van der Waals surface area contributed by atoms with Gasteiger partial charge in [-0.25, -0.2) is 0 Å². The molecule has 5 nitrogen and oxygen atoms in total. The molecule has 116 valence electrons. The maximum Gasteiger partial charge on any atom is 0.240 e. The van der Waals surface area contributed by atoms with Crippen molar-refractivity contribution in [2.45, 2.75) is 57.3 Å². The zero-order chi connectivity index (χ0) is 14.9. The summed E-state index contributed by atoms with van der Waals surface area (Å²) in [5, 5.41) is 4.08. The molecule has 0 spiro atoms. The molecule has 2 aliphatic rings. The predicted octanol–water partition coefficient (Wildman–Crippen LogP) is 2.57. The van der Waals surface area contributed by atoms with Crippen molar-refractivity contribution in [1.82, 2.24) is 15.0 Å². The lowest BCUT2D eigenvalue weighted by Gasteiger charge is -2.35. The number of benzene rings is 1. The van der Waals surface area contributed by atoms with E-state index in [0.717, 1.165) is 12.4 Å². The molecule has 0 aliphatic heterocycles. The van der Waals surface area contributed by atoms with E-state index in [1.807, 2.05) is 0 Å². The van der Waals surface area contributed by atoms with Gasteiger partial charge in [0.25, 0.3) is 0 Å². The van der Waals surface area contributed by atoms with E-state index in [4.69, 9.17) is 10.3 Å². The minimum atomic E-state index is 0.308. The molecule has 1 fully saturated rings. The average molecular weight is 298 g/mol. The largest absolute Gasteiger partial charge is 0.338 e. The van der Waals surface area contributed by atoms with Crippen LogP contribution in [0, 0.1) is 0 Å². The van der Waals surface area contributed by atoms with Crippen LogP contribution in [0.5, 0.6) is 0 Å². The van der Waals surface area contributed by atoms with Crippen LogP contribution >= 0.6 is 0 Å². The van der Waals surface area contributed by atoms with Crippen molar-refractivity contribution in [3.8, 4) is 0 Å². The molecule has 1 atom stereocenters. The zero-order valence-corrected chi connectivity index (χ0v) is 12.7. The SMILES string of the molecule is NCc1nc(CN(C2CC2)C2CCCc3ccccc32)no1. The Balaban J connectivity index is 1.60. The predicted molar refractivity (Wildman–Crippen MR) is 82.9 cm³/mol. The van der Waals surface area contributed by atoms with Gasteiger partial charge >= 0.3 is 0 Å². The summed E-state index contributed by atoms with van der Waals surface area (Å²) in [5.74, 6) is 1.28. The van der Waals surface area contributed by atoms with Crippen LogP contribution in [0.1, 0.15) is 54.6 Å². The minimum Gasteiger partial charge on any atom is -0.338 e. The Bertz CT molecular complexity index is 650. The van der Waals surface area contributed by atoms with Crippen molar-refractivity contribution in [3.63, 3.8) is 0 Å². The van der Waals surface area contributed by atoms with Gasteiger partial charge in [0.05, 0.1) is 13.1 Å². The quantitative estimate of drug-likeness (QED) is 0.919. The van der Waals surface area contributed by atoms with Gasteiger partial charge in [-0.2, -0.15) is 4.98 Å². The maximum absolute atomic E-state index is 5.56. The third-order valence-corrected chi connectivity index (χ3v) is 4.76. The number of nitrogens with two attached hydrogens (primary N) is 1. The number of hydrogen-bond donors (Lipinski definition) is 1. The summed E-state index contributed by atoms with van der Waals surface area (Å²) in [6.45, 7) is 1.07. The molecular formula is C17H22N4O. The van der Waals surface area contributed by atoms with Gasteiger partial charge in [-0.05, 0) is 43.2 Å². The van der Waals surface area contributed by atoms with Crippen LogP contribution in [0.2, 0.25) is 0 Å². The van der Waals surface area contributed by atoms with Gasteiger partial charge in [0, 0.05) is 12.1 Å². The lowest BCUT2D eigenvalue weighted by molar-refractivity contribution is 0.154. The fraction of sp³-hybridized carbons (Fsp3) is 0.529. The second kappa shape index (κ2) is 5.82. The van der Waals surface area contributed by atoms with Gasteiger partial charge in [-0.3, -0.25) is 4.90 Å². The van der Waals surface area contributed by atoms with E-state index in [-0.39, 0.29) is 0 Å². The van der Waals surface area contributed by atoms with Crippen LogP contribution < -0.4 is 5.73 Å². The van der Waals surface area contributed by atoms with E-state index < -0.39 is 0 Å². The highest BCUT2D eigenvalue weighted by molar-refractivity contribution is 5.32. The molecule has 0 saturated heterocycles. The molecule has 0 radical (unpaired) electrons. The summed E-state index contributed by atoms with van der Waals surface area (Å²) in [6.07, 6.45) is 6.23. The van der Waals surface area contributed by atoms with Gasteiger partial charge in [-0.1, -0.05) is 29.4 Å². The molecule has 0 bridgehead atoms. The number of rotatable bonds is 5. The molecule has 22 heavy (non-hydrogen) atoms. The molecule has 4 rings (SSSR count). The van der Waals surface area contributed by atoms with Gasteiger partial charge in [0.2, 0.25) is 5.89 Å². The van der Waals surface area contributed by atoms with Gasteiger partial charge in [-0.15, -0.1) is 0 Å². The monoisotopic (exact) mass is 298 g/mol. The first-order valence-electron chi connectivity index (χ1n) is 8.20. The molecular weight excluding hydrogens is 276 g/mol. The summed E-state index contributed by atoms with van der Waals surface area (Å²) < 4.78 is 5.16. The number of aromatic nitrogens is 2. The van der Waals surface area contributed by atoms with Gasteiger partial charge < -0.3 is 10.3 Å². The summed E-state index contributed by atoms with van der Waals surface area (Å²) in [4.78, 5) is 6.96. The fourth-order valence-electron chi connectivity index (χ4n) is 3.57. The first-order valence-corrected chi connectivity index (χ1v) is 8.20. The minimum absolute atomic E-state index is 0.308. The summed E-state index contributed by atoms with van der Waals surface area (Å²) in [6, 6.07) is 10.0. The van der Waals surface area contributed by atoms with Crippen LogP contribution in [0.4, 0.5) is 0 Å². The Morgan fingerprint density at radius 2 is 2.09 bits per heavy atom. The Labute approximate surface area is 130 Å². The van der Waals surface area contributed by atoms with Crippen LogP contribution in [-0.4, -0.2) is 21.1 Å². The molecule has 2 aromatic rings. The normalized spacial score (nSPS) is 21.1. The standard InChI is InChI=1S/C17H22N4O/c18-10-17-19-16(20-22-17)11-21(13-8-9-13)15-7-3-5-12-4-1-2-6-14(12)15/h1-2,4,6,13,15H,3,5,7-11,18H2. The highest BCUT2D eigenvalue weighted by Crippen LogP contribution is 2.41. The van der Waals surface area contributed by atoms with Crippen molar-refractivity contribution in [2.75, 3.05) is 0 Å². The molecule has 1 aromatic carbocycles. The highest BCUT2D eigenvalue weighted by atomic mass is 16.5. The maximum atomic E-state index is 5.56.